The predicted octanol–water partition coefficient (Wildman–Crippen LogP) is 1.34. The van der Waals surface area contributed by atoms with Gasteiger partial charge in [-0.05, 0) is 34.4 Å². The van der Waals surface area contributed by atoms with E-state index in [2.05, 4.69) is 37.9 Å². The molecule has 0 bridgehead atoms. The van der Waals surface area contributed by atoms with Crippen molar-refractivity contribution in [3.63, 3.8) is 0 Å². The predicted molar refractivity (Wildman–Crippen MR) is 61.7 cm³/mol. The lowest BCUT2D eigenvalue weighted by molar-refractivity contribution is 0.0862. The molecule has 0 aromatic heterocycles. The Hall–Kier alpha value is -0.120. The molecule has 86 valence electrons. The van der Waals surface area contributed by atoms with E-state index in [4.69, 9.17) is 4.74 Å². The lowest BCUT2D eigenvalue weighted by atomic mass is 10.0. The molecule has 0 saturated heterocycles. The van der Waals surface area contributed by atoms with Crippen molar-refractivity contribution in [1.29, 1.82) is 0 Å². The fraction of sp³-hybridized carbons (Fsp3) is 1.00. The average molecular weight is 202 g/mol. The van der Waals surface area contributed by atoms with E-state index in [1.807, 2.05) is 7.05 Å². The molecule has 0 fully saturated rings. The topological polar surface area (TPSA) is 24.5 Å². The fourth-order valence-corrected chi connectivity index (χ4v) is 1.51. The molecule has 3 heteroatoms. The maximum Gasteiger partial charge on any atom is 0.0615 e. The molecule has 0 rings (SSSR count). The maximum atomic E-state index is 5.17. The molecule has 0 aromatic rings. The van der Waals surface area contributed by atoms with Crippen LogP contribution in [0.3, 0.4) is 0 Å². The molecule has 1 unspecified atom stereocenters. The first-order valence-electron chi connectivity index (χ1n) is 5.38. The van der Waals surface area contributed by atoms with Crippen molar-refractivity contribution in [2.24, 2.45) is 0 Å². The van der Waals surface area contributed by atoms with Gasteiger partial charge in [0.15, 0.2) is 0 Å². The number of nitrogens with zero attached hydrogens (tertiary/aromatic N) is 1. The number of nitrogens with one attached hydrogen (secondary N) is 1. The second-order valence-electron chi connectivity index (χ2n) is 4.50. The van der Waals surface area contributed by atoms with Crippen LogP contribution in [0.25, 0.3) is 0 Å². The molecule has 1 N–H and O–H groups in total. The molecular formula is C11H26N2O. The van der Waals surface area contributed by atoms with Gasteiger partial charge in [-0.25, -0.2) is 0 Å². The van der Waals surface area contributed by atoms with E-state index in [1.54, 1.807) is 7.11 Å². The molecule has 14 heavy (non-hydrogen) atoms. The minimum absolute atomic E-state index is 0.165. The Balaban J connectivity index is 4.14. The van der Waals surface area contributed by atoms with Crippen LogP contribution in [0.5, 0.6) is 0 Å². The van der Waals surface area contributed by atoms with E-state index >= 15 is 0 Å². The highest BCUT2D eigenvalue weighted by Crippen LogP contribution is 2.08. The molecule has 0 radical (unpaired) electrons. The summed E-state index contributed by atoms with van der Waals surface area (Å²) in [7, 11) is 3.77. The van der Waals surface area contributed by atoms with Gasteiger partial charge in [0.25, 0.3) is 0 Å². The van der Waals surface area contributed by atoms with Gasteiger partial charge in [0, 0.05) is 25.2 Å². The number of methoxy groups -OCH3 is 1. The third-order valence-electron chi connectivity index (χ3n) is 2.71. The first-order chi connectivity index (χ1) is 6.46. The summed E-state index contributed by atoms with van der Waals surface area (Å²) in [5.74, 6) is 0. The lowest BCUT2D eigenvalue weighted by Crippen LogP contribution is -2.50. The fourth-order valence-electron chi connectivity index (χ4n) is 1.51. The Kier molecular flexibility index (Phi) is 6.33. The first kappa shape index (κ1) is 13.9. The van der Waals surface area contributed by atoms with Crippen LogP contribution in [-0.2, 0) is 4.74 Å². The van der Waals surface area contributed by atoms with Gasteiger partial charge in [0.1, 0.15) is 0 Å². The number of hydrogen-bond acceptors (Lipinski definition) is 3. The SMILES string of the molecule is CCN(CC(C)(C)NC)C(C)COC. The Morgan fingerprint density at radius 1 is 1.43 bits per heavy atom. The second kappa shape index (κ2) is 6.38. The molecule has 0 aliphatic rings. The number of ether oxygens (including phenoxy) is 1. The molecular weight excluding hydrogens is 176 g/mol. The Labute approximate surface area is 88.8 Å². The van der Waals surface area contributed by atoms with Crippen molar-refractivity contribution in [2.75, 3.05) is 33.9 Å². The third-order valence-corrected chi connectivity index (χ3v) is 2.71. The van der Waals surface area contributed by atoms with Gasteiger partial charge < -0.3 is 10.1 Å². The largest absolute Gasteiger partial charge is 0.383 e. The molecule has 0 aliphatic heterocycles. The van der Waals surface area contributed by atoms with Crippen molar-refractivity contribution in [2.45, 2.75) is 39.3 Å². The molecule has 0 aliphatic carbocycles. The van der Waals surface area contributed by atoms with Crippen LogP contribution in [0, 0.1) is 0 Å². The minimum Gasteiger partial charge on any atom is -0.383 e. The highest BCUT2D eigenvalue weighted by molar-refractivity contribution is 4.81. The molecule has 3 nitrogen and oxygen atoms in total. The van der Waals surface area contributed by atoms with E-state index in [0.29, 0.717) is 6.04 Å². The van der Waals surface area contributed by atoms with Crippen LogP contribution in [0.2, 0.25) is 0 Å². The molecule has 0 heterocycles. The van der Waals surface area contributed by atoms with Crippen molar-refractivity contribution < 1.29 is 4.74 Å². The zero-order chi connectivity index (χ0) is 11.2. The van der Waals surface area contributed by atoms with Crippen LogP contribution >= 0.6 is 0 Å². The molecule has 0 saturated carbocycles. The summed E-state index contributed by atoms with van der Waals surface area (Å²) in [6.45, 7) is 11.7. The van der Waals surface area contributed by atoms with Gasteiger partial charge in [-0.3, -0.25) is 4.90 Å². The molecule has 0 aromatic carbocycles. The summed E-state index contributed by atoms with van der Waals surface area (Å²) in [4.78, 5) is 2.43. The summed E-state index contributed by atoms with van der Waals surface area (Å²) in [6.07, 6.45) is 0. The summed E-state index contributed by atoms with van der Waals surface area (Å²) in [6, 6.07) is 0.484. The van der Waals surface area contributed by atoms with E-state index in [0.717, 1.165) is 19.7 Å². The van der Waals surface area contributed by atoms with E-state index in [-0.39, 0.29) is 5.54 Å². The summed E-state index contributed by atoms with van der Waals surface area (Å²) < 4.78 is 5.17. The number of hydrogen-bond donors (Lipinski definition) is 1. The monoisotopic (exact) mass is 202 g/mol. The van der Waals surface area contributed by atoms with Crippen LogP contribution in [0.1, 0.15) is 27.7 Å². The maximum absolute atomic E-state index is 5.17. The molecule has 0 amide bonds. The standard InChI is InChI=1S/C11H26N2O/c1-7-13(10(2)8-14-6)9-11(3,4)12-5/h10,12H,7-9H2,1-6H3. The van der Waals surface area contributed by atoms with Crippen molar-refractivity contribution in [3.05, 3.63) is 0 Å². The van der Waals surface area contributed by atoms with E-state index < -0.39 is 0 Å². The van der Waals surface area contributed by atoms with Gasteiger partial charge in [-0.1, -0.05) is 6.92 Å². The van der Waals surface area contributed by atoms with Crippen LogP contribution in [0.4, 0.5) is 0 Å². The van der Waals surface area contributed by atoms with Gasteiger partial charge >= 0.3 is 0 Å². The normalized spacial score (nSPS) is 14.8. The van der Waals surface area contributed by atoms with E-state index in [1.165, 1.54) is 0 Å². The Morgan fingerprint density at radius 3 is 2.36 bits per heavy atom. The summed E-state index contributed by atoms with van der Waals surface area (Å²) >= 11 is 0. The van der Waals surface area contributed by atoms with Crippen molar-refractivity contribution in [1.82, 2.24) is 10.2 Å². The average Bonchev–Trinajstić information content (AvgIpc) is 2.14. The second-order valence-corrected chi connectivity index (χ2v) is 4.50. The minimum atomic E-state index is 0.165. The highest BCUT2D eigenvalue weighted by atomic mass is 16.5. The molecule has 1 atom stereocenters. The lowest BCUT2D eigenvalue weighted by Gasteiger charge is -2.35. The third kappa shape index (κ3) is 4.94. The smallest absolute Gasteiger partial charge is 0.0615 e. The zero-order valence-corrected chi connectivity index (χ0v) is 10.6. The van der Waals surface area contributed by atoms with Gasteiger partial charge in [0.05, 0.1) is 6.61 Å². The van der Waals surface area contributed by atoms with Gasteiger partial charge in [0.2, 0.25) is 0 Å². The van der Waals surface area contributed by atoms with Crippen LogP contribution < -0.4 is 5.32 Å². The summed E-state index contributed by atoms with van der Waals surface area (Å²) in [5, 5.41) is 3.32. The first-order valence-corrected chi connectivity index (χ1v) is 5.38. The number of likely N-dealkylation sites (N-methyl/N-ethyl adjacent to an activating group) is 2. The zero-order valence-electron chi connectivity index (χ0n) is 10.6. The number of rotatable bonds is 7. The highest BCUT2D eigenvalue weighted by Gasteiger charge is 2.21. The van der Waals surface area contributed by atoms with Crippen LogP contribution in [0.15, 0.2) is 0 Å². The Bertz CT molecular complexity index is 148. The molecule has 0 spiro atoms. The van der Waals surface area contributed by atoms with Crippen LogP contribution in [-0.4, -0.2) is 50.3 Å². The van der Waals surface area contributed by atoms with Gasteiger partial charge in [-0.2, -0.15) is 0 Å². The van der Waals surface area contributed by atoms with E-state index in [9.17, 15) is 0 Å². The summed E-state index contributed by atoms with van der Waals surface area (Å²) in [5.41, 5.74) is 0.165. The quantitative estimate of drug-likeness (QED) is 0.674. The van der Waals surface area contributed by atoms with Gasteiger partial charge in [-0.15, -0.1) is 0 Å². The van der Waals surface area contributed by atoms with Crippen molar-refractivity contribution >= 4 is 0 Å². The van der Waals surface area contributed by atoms with Crippen molar-refractivity contribution in [3.8, 4) is 0 Å². The Morgan fingerprint density at radius 2 is 2.00 bits per heavy atom.